The van der Waals surface area contributed by atoms with Gasteiger partial charge in [0.15, 0.2) is 0 Å². The Kier molecular flexibility index (Phi) is 1.05. The molecule has 58 valence electrons. The Bertz CT molecular complexity index is 149. The maximum atomic E-state index is 3.62. The number of nitrogens with one attached hydrogen (secondary N) is 1. The van der Waals surface area contributed by atoms with Gasteiger partial charge in [0.2, 0.25) is 0 Å². The van der Waals surface area contributed by atoms with Crippen molar-refractivity contribution < 1.29 is 0 Å². The molecule has 0 amide bonds. The second-order valence-corrected chi connectivity index (χ2v) is 4.67. The van der Waals surface area contributed by atoms with Gasteiger partial charge in [0.1, 0.15) is 0 Å². The van der Waals surface area contributed by atoms with Crippen molar-refractivity contribution >= 4 is 0 Å². The van der Waals surface area contributed by atoms with Crippen molar-refractivity contribution in [1.29, 1.82) is 0 Å². The van der Waals surface area contributed by atoms with Crippen LogP contribution in [-0.2, 0) is 0 Å². The molecular formula is C9H17N. The molecule has 2 bridgehead atoms. The van der Waals surface area contributed by atoms with E-state index in [4.69, 9.17) is 0 Å². The predicted octanol–water partition coefficient (Wildman–Crippen LogP) is 1.78. The van der Waals surface area contributed by atoms with Crippen molar-refractivity contribution in [1.82, 2.24) is 5.32 Å². The van der Waals surface area contributed by atoms with Crippen LogP contribution < -0.4 is 5.32 Å². The standard InChI is InChI=1S/C9H17N/c1-8(2)7-4-5-9(8,3)10-6-7/h7,10H,4-6H2,1-3H3/t7?,9-/m1/s1. The summed E-state index contributed by atoms with van der Waals surface area (Å²) in [6.07, 6.45) is 2.82. The van der Waals surface area contributed by atoms with E-state index in [1.165, 1.54) is 19.4 Å². The first-order chi connectivity index (χ1) is 4.56. The molecule has 1 aliphatic carbocycles. The van der Waals surface area contributed by atoms with E-state index in [9.17, 15) is 0 Å². The molecule has 1 aliphatic heterocycles. The van der Waals surface area contributed by atoms with Crippen molar-refractivity contribution in [2.75, 3.05) is 6.54 Å². The summed E-state index contributed by atoms with van der Waals surface area (Å²) < 4.78 is 0. The highest BCUT2D eigenvalue weighted by Gasteiger charge is 2.55. The maximum absolute atomic E-state index is 3.62. The largest absolute Gasteiger partial charge is 0.311 e. The lowest BCUT2D eigenvalue weighted by atomic mass is 9.75. The summed E-state index contributed by atoms with van der Waals surface area (Å²) in [5, 5.41) is 3.62. The fourth-order valence-electron chi connectivity index (χ4n) is 2.62. The molecule has 10 heavy (non-hydrogen) atoms. The number of fused-ring (bicyclic) bond motifs is 2. The van der Waals surface area contributed by atoms with Gasteiger partial charge in [0.25, 0.3) is 0 Å². The molecule has 1 heterocycles. The molecule has 2 atom stereocenters. The average Bonchev–Trinajstić information content (AvgIpc) is 2.18. The van der Waals surface area contributed by atoms with E-state index in [0.29, 0.717) is 11.0 Å². The molecule has 1 unspecified atom stereocenters. The summed E-state index contributed by atoms with van der Waals surface area (Å²) in [6, 6.07) is 0. The summed E-state index contributed by atoms with van der Waals surface area (Å²) >= 11 is 0. The molecule has 2 fully saturated rings. The van der Waals surface area contributed by atoms with Gasteiger partial charge in [-0.3, -0.25) is 0 Å². The van der Waals surface area contributed by atoms with Gasteiger partial charge in [0.05, 0.1) is 0 Å². The van der Waals surface area contributed by atoms with Crippen molar-refractivity contribution in [3.05, 3.63) is 0 Å². The molecule has 0 radical (unpaired) electrons. The second kappa shape index (κ2) is 1.58. The molecule has 0 aromatic heterocycles. The smallest absolute Gasteiger partial charge is 0.0207 e. The first-order valence-corrected chi connectivity index (χ1v) is 4.31. The number of rotatable bonds is 0. The van der Waals surface area contributed by atoms with Crippen LogP contribution in [0.2, 0.25) is 0 Å². The van der Waals surface area contributed by atoms with Crippen LogP contribution in [-0.4, -0.2) is 12.1 Å². The summed E-state index contributed by atoms with van der Waals surface area (Å²) in [4.78, 5) is 0. The van der Waals surface area contributed by atoms with Crippen LogP contribution in [0.5, 0.6) is 0 Å². The first kappa shape index (κ1) is 6.66. The zero-order valence-electron chi connectivity index (χ0n) is 7.20. The Labute approximate surface area is 63.2 Å². The van der Waals surface area contributed by atoms with Gasteiger partial charge >= 0.3 is 0 Å². The third-order valence-electron chi connectivity index (χ3n) is 4.17. The summed E-state index contributed by atoms with van der Waals surface area (Å²) in [5.41, 5.74) is 1.00. The second-order valence-electron chi connectivity index (χ2n) is 4.67. The van der Waals surface area contributed by atoms with Crippen LogP contribution in [0.25, 0.3) is 0 Å². The molecule has 0 aromatic rings. The Hall–Kier alpha value is -0.0400. The maximum Gasteiger partial charge on any atom is 0.0207 e. The van der Waals surface area contributed by atoms with Crippen molar-refractivity contribution in [2.45, 2.75) is 39.2 Å². The fraction of sp³-hybridized carbons (Fsp3) is 1.00. The molecule has 1 N–H and O–H groups in total. The summed E-state index contributed by atoms with van der Waals surface area (Å²) in [6.45, 7) is 8.44. The Morgan fingerprint density at radius 3 is 2.10 bits per heavy atom. The van der Waals surface area contributed by atoms with E-state index in [2.05, 4.69) is 26.1 Å². The molecule has 2 aliphatic rings. The van der Waals surface area contributed by atoms with Crippen LogP contribution in [0.15, 0.2) is 0 Å². The van der Waals surface area contributed by atoms with Crippen LogP contribution >= 0.6 is 0 Å². The minimum Gasteiger partial charge on any atom is -0.311 e. The quantitative estimate of drug-likeness (QED) is 0.539. The molecular weight excluding hydrogens is 122 g/mol. The molecule has 0 spiro atoms. The molecule has 1 nitrogen and oxygen atoms in total. The van der Waals surface area contributed by atoms with Gasteiger partial charge in [0, 0.05) is 5.54 Å². The van der Waals surface area contributed by atoms with Crippen LogP contribution in [0.1, 0.15) is 33.6 Å². The third-order valence-corrected chi connectivity index (χ3v) is 4.17. The molecule has 1 saturated heterocycles. The van der Waals surface area contributed by atoms with Crippen molar-refractivity contribution in [3.63, 3.8) is 0 Å². The molecule has 0 aromatic carbocycles. The van der Waals surface area contributed by atoms with E-state index >= 15 is 0 Å². The molecule has 1 saturated carbocycles. The van der Waals surface area contributed by atoms with Gasteiger partial charge in [-0.05, 0) is 37.6 Å². The van der Waals surface area contributed by atoms with Gasteiger partial charge in [-0.25, -0.2) is 0 Å². The summed E-state index contributed by atoms with van der Waals surface area (Å²) in [5.74, 6) is 0.942. The van der Waals surface area contributed by atoms with Crippen molar-refractivity contribution in [3.8, 4) is 0 Å². The van der Waals surface area contributed by atoms with Gasteiger partial charge < -0.3 is 5.32 Å². The fourth-order valence-corrected chi connectivity index (χ4v) is 2.62. The highest BCUT2D eigenvalue weighted by Crippen LogP contribution is 2.53. The zero-order chi connectivity index (χ0) is 7.41. The predicted molar refractivity (Wildman–Crippen MR) is 42.9 cm³/mol. The van der Waals surface area contributed by atoms with E-state index < -0.39 is 0 Å². The Morgan fingerprint density at radius 1 is 1.30 bits per heavy atom. The van der Waals surface area contributed by atoms with Crippen LogP contribution in [0, 0.1) is 11.3 Å². The normalized spacial score (nSPS) is 50.1. The Balaban J connectivity index is 2.37. The Morgan fingerprint density at radius 2 is 2.00 bits per heavy atom. The number of piperidine rings is 1. The highest BCUT2D eigenvalue weighted by molar-refractivity contribution is 5.11. The van der Waals surface area contributed by atoms with Gasteiger partial charge in [-0.2, -0.15) is 0 Å². The first-order valence-electron chi connectivity index (χ1n) is 4.31. The van der Waals surface area contributed by atoms with Crippen molar-refractivity contribution in [2.24, 2.45) is 11.3 Å². The SMILES string of the molecule is CC1(C)C2CC[C@@]1(C)NC2. The monoisotopic (exact) mass is 139 g/mol. The topological polar surface area (TPSA) is 12.0 Å². The lowest BCUT2D eigenvalue weighted by Crippen LogP contribution is -2.44. The number of hydrogen-bond donors (Lipinski definition) is 1. The number of hydrogen-bond acceptors (Lipinski definition) is 1. The average molecular weight is 139 g/mol. The molecule has 1 heteroatoms. The highest BCUT2D eigenvalue weighted by atomic mass is 15.1. The van der Waals surface area contributed by atoms with Gasteiger partial charge in [-0.15, -0.1) is 0 Å². The summed E-state index contributed by atoms with van der Waals surface area (Å²) in [7, 11) is 0. The minimum absolute atomic E-state index is 0.456. The van der Waals surface area contributed by atoms with E-state index in [1.54, 1.807) is 0 Å². The van der Waals surface area contributed by atoms with Gasteiger partial charge in [-0.1, -0.05) is 13.8 Å². The van der Waals surface area contributed by atoms with Crippen LogP contribution in [0.4, 0.5) is 0 Å². The lowest BCUT2D eigenvalue weighted by Gasteiger charge is -2.34. The third kappa shape index (κ3) is 0.531. The lowest BCUT2D eigenvalue weighted by molar-refractivity contribution is 0.218. The zero-order valence-corrected chi connectivity index (χ0v) is 7.20. The van der Waals surface area contributed by atoms with E-state index in [0.717, 1.165) is 5.92 Å². The van der Waals surface area contributed by atoms with E-state index in [-0.39, 0.29) is 0 Å². The van der Waals surface area contributed by atoms with Crippen LogP contribution in [0.3, 0.4) is 0 Å². The molecule has 2 rings (SSSR count). The van der Waals surface area contributed by atoms with E-state index in [1.807, 2.05) is 0 Å². The minimum atomic E-state index is 0.456.